The van der Waals surface area contributed by atoms with Crippen molar-refractivity contribution in [2.45, 2.75) is 89.4 Å². The molecule has 0 amide bonds. The van der Waals surface area contributed by atoms with Gasteiger partial charge in [0, 0.05) is 30.6 Å². The van der Waals surface area contributed by atoms with E-state index in [4.69, 9.17) is 4.18 Å². The van der Waals surface area contributed by atoms with Crippen molar-refractivity contribution in [3.05, 3.63) is 54.1 Å². The molecule has 0 spiro atoms. The molecule has 5 atom stereocenters. The third kappa shape index (κ3) is 9.39. The molecule has 2 N–H and O–H groups in total. The molecule has 1 aromatic carbocycles. The first-order valence-electron chi connectivity index (χ1n) is 13.1. The Kier molecular flexibility index (Phi) is 12.2. The highest BCUT2D eigenvalue weighted by molar-refractivity contribution is 7.86. The standard InChI is InChI=1S/C30H42O7S/c1-6-7-20-30(3,4)28(32)19-18-24-25(12-10-8-9-11-13-29(33)36-5)27(21-26(24)31)37-38(34,35)23-16-14-22(2)15-17-23/h8,10,14-19,24-28,31-32H,9,11-13,20-21H2,1-5H3/t24-,25-,26-,27-,28-/m1/s1. The minimum Gasteiger partial charge on any atom is -0.469 e. The maximum atomic E-state index is 13.0. The number of hydrogen-bond acceptors (Lipinski definition) is 7. The highest BCUT2D eigenvalue weighted by atomic mass is 32.2. The third-order valence-corrected chi connectivity index (χ3v) is 8.39. The van der Waals surface area contributed by atoms with Gasteiger partial charge in [0.1, 0.15) is 0 Å². The second kappa shape index (κ2) is 14.6. The molecule has 7 nitrogen and oxygen atoms in total. The van der Waals surface area contributed by atoms with Crippen LogP contribution in [0.5, 0.6) is 0 Å². The summed E-state index contributed by atoms with van der Waals surface area (Å²) in [7, 11) is -2.67. The molecule has 2 rings (SSSR count). The molecule has 1 aromatic rings. The van der Waals surface area contributed by atoms with Gasteiger partial charge in [0.05, 0.1) is 30.3 Å². The fraction of sp³-hybridized carbons (Fsp3) is 0.567. The van der Waals surface area contributed by atoms with Crippen LogP contribution in [0.15, 0.2) is 53.5 Å². The summed E-state index contributed by atoms with van der Waals surface area (Å²) in [6.07, 6.45) is 7.77. The molecule has 0 aromatic heterocycles. The summed E-state index contributed by atoms with van der Waals surface area (Å²) >= 11 is 0. The smallest absolute Gasteiger partial charge is 0.305 e. The van der Waals surface area contributed by atoms with Crippen LogP contribution in [0.3, 0.4) is 0 Å². The summed E-state index contributed by atoms with van der Waals surface area (Å²) in [6.45, 7) is 7.48. The zero-order valence-electron chi connectivity index (χ0n) is 23.1. The zero-order chi connectivity index (χ0) is 28.3. The van der Waals surface area contributed by atoms with Crippen molar-refractivity contribution in [3.63, 3.8) is 0 Å². The summed E-state index contributed by atoms with van der Waals surface area (Å²) < 4.78 is 36.4. The molecule has 1 aliphatic carbocycles. The maximum absolute atomic E-state index is 13.0. The molecule has 8 heteroatoms. The van der Waals surface area contributed by atoms with Gasteiger partial charge in [-0.05, 0) is 51.2 Å². The monoisotopic (exact) mass is 546 g/mol. The first-order valence-corrected chi connectivity index (χ1v) is 14.5. The van der Waals surface area contributed by atoms with E-state index in [1.165, 1.54) is 19.2 Å². The lowest BCUT2D eigenvalue weighted by Crippen LogP contribution is -2.28. The molecule has 0 heterocycles. The summed E-state index contributed by atoms with van der Waals surface area (Å²) in [4.78, 5) is 11.4. The lowest BCUT2D eigenvalue weighted by molar-refractivity contribution is -0.140. The Morgan fingerprint density at radius 2 is 1.92 bits per heavy atom. The van der Waals surface area contributed by atoms with Crippen LogP contribution in [0, 0.1) is 36.0 Å². The van der Waals surface area contributed by atoms with E-state index in [9.17, 15) is 23.4 Å². The number of allylic oxidation sites excluding steroid dienone is 2. The van der Waals surface area contributed by atoms with Crippen LogP contribution >= 0.6 is 0 Å². The number of aryl methyl sites for hydroxylation is 1. The predicted molar refractivity (Wildman–Crippen MR) is 147 cm³/mol. The number of aliphatic hydroxyl groups is 2. The number of aliphatic hydroxyl groups excluding tert-OH is 2. The van der Waals surface area contributed by atoms with Crippen LogP contribution in [-0.2, 0) is 23.8 Å². The highest BCUT2D eigenvalue weighted by Gasteiger charge is 2.43. The van der Waals surface area contributed by atoms with Crippen molar-refractivity contribution in [1.29, 1.82) is 0 Å². The molecule has 1 aliphatic rings. The van der Waals surface area contributed by atoms with Gasteiger partial charge in [0.25, 0.3) is 10.1 Å². The molecule has 0 unspecified atom stereocenters. The van der Waals surface area contributed by atoms with E-state index < -0.39 is 39.8 Å². The second-order valence-corrected chi connectivity index (χ2v) is 12.1. The zero-order valence-corrected chi connectivity index (χ0v) is 23.9. The Morgan fingerprint density at radius 1 is 1.24 bits per heavy atom. The van der Waals surface area contributed by atoms with E-state index in [1.54, 1.807) is 31.2 Å². The number of carbonyl (C=O) groups is 1. The number of methoxy groups -OCH3 is 1. The van der Waals surface area contributed by atoms with Gasteiger partial charge in [-0.15, -0.1) is 11.8 Å². The molecule has 38 heavy (non-hydrogen) atoms. The van der Waals surface area contributed by atoms with Crippen molar-refractivity contribution in [2.24, 2.45) is 17.3 Å². The average Bonchev–Trinajstić information content (AvgIpc) is 3.15. The van der Waals surface area contributed by atoms with E-state index in [0.717, 1.165) is 5.56 Å². The Morgan fingerprint density at radius 3 is 2.55 bits per heavy atom. The lowest BCUT2D eigenvalue weighted by atomic mass is 9.82. The molecule has 1 fully saturated rings. The molecule has 0 saturated heterocycles. The summed E-state index contributed by atoms with van der Waals surface area (Å²) in [5, 5.41) is 21.7. The number of unbranched alkanes of at least 4 members (excludes halogenated alkanes) is 1. The van der Waals surface area contributed by atoms with Gasteiger partial charge in [-0.25, -0.2) is 0 Å². The van der Waals surface area contributed by atoms with Crippen LogP contribution in [0.2, 0.25) is 0 Å². The Bertz CT molecular complexity index is 1120. The topological polar surface area (TPSA) is 110 Å². The third-order valence-electron chi connectivity index (χ3n) is 7.04. The van der Waals surface area contributed by atoms with Crippen molar-refractivity contribution in [3.8, 4) is 11.8 Å². The van der Waals surface area contributed by atoms with Gasteiger partial charge >= 0.3 is 5.97 Å². The normalized spacial score (nSPS) is 22.9. The predicted octanol–water partition coefficient (Wildman–Crippen LogP) is 4.71. The number of ether oxygens (including phenoxy) is 1. The summed E-state index contributed by atoms with van der Waals surface area (Å²) in [6, 6.07) is 6.46. The minimum absolute atomic E-state index is 0.0721. The SMILES string of the molecule is CC#CCC(C)(C)[C@H](O)C=C[C@@H]1[C@@H](CC=CCCCC(=O)OC)[C@H](OS(=O)(=O)c2ccc(C)cc2)C[C@H]1O. The van der Waals surface area contributed by atoms with Gasteiger partial charge in [0.2, 0.25) is 0 Å². The molecule has 210 valence electrons. The number of benzene rings is 1. The fourth-order valence-electron chi connectivity index (χ4n) is 4.47. The molecular weight excluding hydrogens is 504 g/mol. The Balaban J connectivity index is 2.22. The number of hydrogen-bond donors (Lipinski definition) is 2. The maximum Gasteiger partial charge on any atom is 0.305 e. The van der Waals surface area contributed by atoms with Gasteiger partial charge < -0.3 is 14.9 Å². The van der Waals surface area contributed by atoms with Crippen LogP contribution < -0.4 is 0 Å². The molecular formula is C30H42O7S. The van der Waals surface area contributed by atoms with Gasteiger partial charge in [-0.2, -0.15) is 8.42 Å². The first kappa shape index (κ1) is 31.8. The summed E-state index contributed by atoms with van der Waals surface area (Å²) in [5.74, 6) is 4.86. The minimum atomic E-state index is -4.03. The lowest BCUT2D eigenvalue weighted by Gasteiger charge is -2.27. The largest absolute Gasteiger partial charge is 0.469 e. The van der Waals surface area contributed by atoms with Gasteiger partial charge in [-0.1, -0.05) is 55.8 Å². The quantitative estimate of drug-likeness (QED) is 0.121. The Hall–Kier alpha value is -2.44. The van der Waals surface area contributed by atoms with E-state index in [2.05, 4.69) is 16.6 Å². The number of esters is 1. The Labute approximate surface area is 228 Å². The van der Waals surface area contributed by atoms with Crippen LogP contribution in [0.1, 0.15) is 64.9 Å². The number of carbonyl (C=O) groups excluding carboxylic acids is 1. The second-order valence-electron chi connectivity index (χ2n) is 10.5. The van der Waals surface area contributed by atoms with Gasteiger partial charge in [-0.3, -0.25) is 8.98 Å². The average molecular weight is 547 g/mol. The first-order chi connectivity index (χ1) is 17.9. The molecule has 0 radical (unpaired) electrons. The van der Waals surface area contributed by atoms with Gasteiger partial charge in [0.15, 0.2) is 0 Å². The van der Waals surface area contributed by atoms with E-state index in [-0.39, 0.29) is 23.2 Å². The molecule has 1 saturated carbocycles. The van der Waals surface area contributed by atoms with E-state index >= 15 is 0 Å². The molecule has 0 aliphatic heterocycles. The summed E-state index contributed by atoms with van der Waals surface area (Å²) in [5.41, 5.74) is 0.454. The van der Waals surface area contributed by atoms with Crippen LogP contribution in [0.4, 0.5) is 0 Å². The van der Waals surface area contributed by atoms with Crippen molar-refractivity contribution in [1.82, 2.24) is 0 Å². The van der Waals surface area contributed by atoms with Crippen molar-refractivity contribution < 1.29 is 32.3 Å². The van der Waals surface area contributed by atoms with E-state index in [0.29, 0.717) is 32.1 Å². The fourth-order valence-corrected chi connectivity index (χ4v) is 5.60. The van der Waals surface area contributed by atoms with Crippen LogP contribution in [0.25, 0.3) is 0 Å². The van der Waals surface area contributed by atoms with Crippen molar-refractivity contribution >= 4 is 16.1 Å². The van der Waals surface area contributed by atoms with Crippen molar-refractivity contribution in [2.75, 3.05) is 7.11 Å². The highest BCUT2D eigenvalue weighted by Crippen LogP contribution is 2.40. The van der Waals surface area contributed by atoms with Crippen LogP contribution in [-0.4, -0.2) is 50.0 Å². The molecule has 0 bridgehead atoms. The van der Waals surface area contributed by atoms with E-state index in [1.807, 2.05) is 32.9 Å². The number of rotatable bonds is 13.